The zero-order chi connectivity index (χ0) is 9.54. The molecule has 2 nitrogen and oxygen atoms in total. The minimum atomic E-state index is 0.677. The lowest BCUT2D eigenvalue weighted by Crippen LogP contribution is -1.70. The molecule has 3 rings (SSSR count). The van der Waals surface area contributed by atoms with Crippen LogP contribution in [0.15, 0.2) is 40.9 Å². The lowest BCUT2D eigenvalue weighted by atomic mass is 10.2. The van der Waals surface area contributed by atoms with Gasteiger partial charge in [0.1, 0.15) is 11.1 Å². The first kappa shape index (κ1) is 7.83. The van der Waals surface area contributed by atoms with Gasteiger partial charge in [-0.1, -0.05) is 11.6 Å². The van der Waals surface area contributed by atoms with Crippen LogP contribution < -0.4 is 0 Å². The molecule has 0 radical (unpaired) electrons. The lowest BCUT2D eigenvalue weighted by molar-refractivity contribution is 0.668. The Morgan fingerprint density at radius 1 is 1.14 bits per heavy atom. The van der Waals surface area contributed by atoms with Crippen LogP contribution in [-0.2, 0) is 0 Å². The Hall–Kier alpha value is -1.54. The van der Waals surface area contributed by atoms with Crippen molar-refractivity contribution in [2.45, 2.75) is 0 Å². The molecule has 0 atom stereocenters. The summed E-state index contributed by atoms with van der Waals surface area (Å²) in [5, 5.41) is 1.68. The molecule has 2 aromatic heterocycles. The van der Waals surface area contributed by atoms with Gasteiger partial charge in [0.2, 0.25) is 0 Å². The van der Waals surface area contributed by atoms with Gasteiger partial charge < -0.3 is 4.42 Å². The summed E-state index contributed by atoms with van der Waals surface area (Å²) in [6, 6.07) is 9.32. The molecule has 0 aliphatic heterocycles. The average Bonchev–Trinajstić information content (AvgIpc) is 2.54. The average molecular weight is 204 g/mol. The van der Waals surface area contributed by atoms with Gasteiger partial charge in [-0.25, -0.2) is 0 Å². The van der Waals surface area contributed by atoms with Gasteiger partial charge in [0.25, 0.3) is 0 Å². The molecular formula is C11H6ClNO. The minimum Gasteiger partial charge on any atom is -0.454 e. The summed E-state index contributed by atoms with van der Waals surface area (Å²) in [5.41, 5.74) is 2.47. The van der Waals surface area contributed by atoms with E-state index >= 15 is 0 Å². The normalized spacial score (nSPS) is 11.2. The van der Waals surface area contributed by atoms with Crippen molar-refractivity contribution in [1.29, 1.82) is 0 Å². The second kappa shape index (κ2) is 2.72. The summed E-state index contributed by atoms with van der Waals surface area (Å²) < 4.78 is 5.59. The number of pyridine rings is 1. The number of hydrogen-bond acceptors (Lipinski definition) is 2. The molecule has 0 saturated heterocycles. The summed E-state index contributed by atoms with van der Waals surface area (Å²) in [6.45, 7) is 0. The molecule has 0 saturated carbocycles. The number of fused-ring (bicyclic) bond motifs is 3. The van der Waals surface area contributed by atoms with Crippen molar-refractivity contribution < 1.29 is 4.42 Å². The fourth-order valence-electron chi connectivity index (χ4n) is 1.57. The highest BCUT2D eigenvalue weighted by Crippen LogP contribution is 2.28. The van der Waals surface area contributed by atoms with Crippen molar-refractivity contribution >= 4 is 33.7 Å². The molecule has 0 aliphatic rings. The van der Waals surface area contributed by atoms with Crippen molar-refractivity contribution in [3.8, 4) is 0 Å². The number of nitrogens with zero attached hydrogens (tertiary/aromatic N) is 1. The Morgan fingerprint density at radius 3 is 3.00 bits per heavy atom. The molecule has 3 heteroatoms. The van der Waals surface area contributed by atoms with Gasteiger partial charge in [0, 0.05) is 22.7 Å². The number of halogens is 1. The smallest absolute Gasteiger partial charge is 0.153 e. The van der Waals surface area contributed by atoms with Gasteiger partial charge in [0.15, 0.2) is 5.58 Å². The molecule has 68 valence electrons. The maximum atomic E-state index is 5.87. The Balaban J connectivity index is 2.57. The molecule has 14 heavy (non-hydrogen) atoms. The van der Waals surface area contributed by atoms with Crippen molar-refractivity contribution in [2.75, 3.05) is 0 Å². The number of rotatable bonds is 0. The Morgan fingerprint density at radius 2 is 2.07 bits per heavy atom. The highest BCUT2D eigenvalue weighted by molar-refractivity contribution is 6.31. The molecule has 0 fully saturated rings. The number of aromatic nitrogens is 1. The van der Waals surface area contributed by atoms with Crippen LogP contribution in [0, 0.1) is 0 Å². The third-order valence-electron chi connectivity index (χ3n) is 2.19. The summed E-state index contributed by atoms with van der Waals surface area (Å²) in [4.78, 5) is 4.26. The lowest BCUT2D eigenvalue weighted by Gasteiger charge is -1.88. The molecular weight excluding hydrogens is 198 g/mol. The van der Waals surface area contributed by atoms with Crippen molar-refractivity contribution in [2.24, 2.45) is 0 Å². The zero-order valence-electron chi connectivity index (χ0n) is 7.20. The van der Waals surface area contributed by atoms with Crippen LogP contribution in [-0.4, -0.2) is 4.98 Å². The zero-order valence-corrected chi connectivity index (χ0v) is 7.95. The van der Waals surface area contributed by atoms with Crippen molar-refractivity contribution in [3.63, 3.8) is 0 Å². The van der Waals surface area contributed by atoms with E-state index in [1.807, 2.05) is 24.3 Å². The van der Waals surface area contributed by atoms with Crippen molar-refractivity contribution in [1.82, 2.24) is 4.98 Å². The monoisotopic (exact) mass is 203 g/mol. The minimum absolute atomic E-state index is 0.677. The third kappa shape index (κ3) is 1.01. The SMILES string of the molecule is Clc1ccc2c(c1)oc1cccnc12. The van der Waals surface area contributed by atoms with Gasteiger partial charge in [-0.05, 0) is 24.3 Å². The van der Waals surface area contributed by atoms with Crippen LogP contribution in [0.1, 0.15) is 0 Å². The van der Waals surface area contributed by atoms with E-state index in [9.17, 15) is 0 Å². The van der Waals surface area contributed by atoms with E-state index < -0.39 is 0 Å². The van der Waals surface area contributed by atoms with E-state index in [1.54, 1.807) is 12.3 Å². The van der Waals surface area contributed by atoms with Gasteiger partial charge in [-0.15, -0.1) is 0 Å². The van der Waals surface area contributed by atoms with E-state index in [0.717, 1.165) is 22.1 Å². The van der Waals surface area contributed by atoms with Gasteiger partial charge in [0.05, 0.1) is 0 Å². The van der Waals surface area contributed by atoms with Crippen molar-refractivity contribution in [3.05, 3.63) is 41.6 Å². The fourth-order valence-corrected chi connectivity index (χ4v) is 1.73. The molecule has 1 aromatic carbocycles. The second-order valence-corrected chi connectivity index (χ2v) is 3.53. The van der Waals surface area contributed by atoms with E-state index in [0.29, 0.717) is 5.02 Å². The Kier molecular flexibility index (Phi) is 1.52. The third-order valence-corrected chi connectivity index (χ3v) is 2.42. The summed E-state index contributed by atoms with van der Waals surface area (Å²) in [7, 11) is 0. The van der Waals surface area contributed by atoms with Gasteiger partial charge in [-0.3, -0.25) is 4.98 Å². The Labute approximate surface area is 85.1 Å². The molecule has 0 spiro atoms. The highest BCUT2D eigenvalue weighted by Gasteiger charge is 2.06. The summed E-state index contributed by atoms with van der Waals surface area (Å²) in [5.74, 6) is 0. The standard InChI is InChI=1S/C11H6ClNO/c12-7-3-4-8-10(6-7)14-9-2-1-5-13-11(8)9/h1-6H. The van der Waals surface area contributed by atoms with Crippen LogP contribution in [0.3, 0.4) is 0 Å². The van der Waals surface area contributed by atoms with Gasteiger partial charge in [-0.2, -0.15) is 0 Å². The topological polar surface area (TPSA) is 26.0 Å². The fraction of sp³-hybridized carbons (Fsp3) is 0. The largest absolute Gasteiger partial charge is 0.454 e. The maximum absolute atomic E-state index is 5.87. The van der Waals surface area contributed by atoms with Crippen LogP contribution in [0.2, 0.25) is 5.02 Å². The number of benzene rings is 1. The maximum Gasteiger partial charge on any atom is 0.153 e. The highest BCUT2D eigenvalue weighted by atomic mass is 35.5. The predicted molar refractivity (Wildman–Crippen MR) is 56.5 cm³/mol. The molecule has 0 N–H and O–H groups in total. The summed E-state index contributed by atoms with van der Waals surface area (Å²) in [6.07, 6.45) is 1.76. The molecule has 2 heterocycles. The molecule has 3 aromatic rings. The molecule has 0 amide bonds. The van der Waals surface area contributed by atoms with E-state index in [2.05, 4.69) is 4.98 Å². The Bertz CT molecular complexity index is 615. The number of furan rings is 1. The van der Waals surface area contributed by atoms with E-state index in [4.69, 9.17) is 16.0 Å². The van der Waals surface area contributed by atoms with Crippen LogP contribution in [0.4, 0.5) is 0 Å². The predicted octanol–water partition coefficient (Wildman–Crippen LogP) is 3.63. The molecule has 0 aliphatic carbocycles. The number of hydrogen-bond donors (Lipinski definition) is 0. The van der Waals surface area contributed by atoms with E-state index in [1.165, 1.54) is 0 Å². The summed E-state index contributed by atoms with van der Waals surface area (Å²) >= 11 is 5.87. The first-order chi connectivity index (χ1) is 6.84. The molecule has 0 unspecified atom stereocenters. The first-order valence-electron chi connectivity index (χ1n) is 4.27. The first-order valence-corrected chi connectivity index (χ1v) is 4.65. The van der Waals surface area contributed by atoms with Crippen LogP contribution >= 0.6 is 11.6 Å². The van der Waals surface area contributed by atoms with Gasteiger partial charge >= 0.3 is 0 Å². The van der Waals surface area contributed by atoms with Crippen LogP contribution in [0.5, 0.6) is 0 Å². The van der Waals surface area contributed by atoms with Crippen LogP contribution in [0.25, 0.3) is 22.1 Å². The second-order valence-electron chi connectivity index (χ2n) is 3.09. The quantitative estimate of drug-likeness (QED) is 0.558. The molecule has 0 bridgehead atoms. The van der Waals surface area contributed by atoms with E-state index in [-0.39, 0.29) is 0 Å².